The number of carbonyl (C=O) groups excluding carboxylic acids is 3. The number of anilines is 1. The third-order valence-corrected chi connectivity index (χ3v) is 4.35. The molecule has 1 atom stereocenters. The molecular formula is C23H29N3O4. The molecule has 0 bridgehead atoms. The minimum atomic E-state index is -0.940. The Bertz CT molecular complexity index is 861. The van der Waals surface area contributed by atoms with Crippen LogP contribution < -0.4 is 16.0 Å². The molecule has 2 aromatic carbocycles. The van der Waals surface area contributed by atoms with Crippen LogP contribution in [0.4, 0.5) is 10.5 Å². The topological polar surface area (TPSA) is 96.5 Å². The van der Waals surface area contributed by atoms with Gasteiger partial charge in [-0.15, -0.1) is 0 Å². The van der Waals surface area contributed by atoms with Gasteiger partial charge in [-0.2, -0.15) is 0 Å². The van der Waals surface area contributed by atoms with Crippen LogP contribution in [0, 0.1) is 0 Å². The van der Waals surface area contributed by atoms with Gasteiger partial charge in [0.2, 0.25) is 0 Å². The van der Waals surface area contributed by atoms with E-state index in [9.17, 15) is 14.4 Å². The average Bonchev–Trinajstić information content (AvgIpc) is 2.72. The molecule has 0 saturated heterocycles. The molecule has 160 valence electrons. The number of hydrogen-bond acceptors (Lipinski definition) is 4. The van der Waals surface area contributed by atoms with E-state index in [-0.39, 0.29) is 12.1 Å². The van der Waals surface area contributed by atoms with Gasteiger partial charge in [-0.3, -0.25) is 4.79 Å². The predicted molar refractivity (Wildman–Crippen MR) is 116 cm³/mol. The van der Waals surface area contributed by atoms with Gasteiger partial charge < -0.3 is 20.7 Å². The summed E-state index contributed by atoms with van der Waals surface area (Å²) < 4.78 is 5.27. The molecule has 2 aromatic rings. The fourth-order valence-electron chi connectivity index (χ4n) is 2.60. The number of nitrogens with one attached hydrogen (secondary N) is 3. The van der Waals surface area contributed by atoms with E-state index in [4.69, 9.17) is 4.74 Å². The van der Waals surface area contributed by atoms with Gasteiger partial charge in [0, 0.05) is 18.3 Å². The first-order valence-electron chi connectivity index (χ1n) is 10.0. The highest BCUT2D eigenvalue weighted by Gasteiger charge is 2.19. The summed E-state index contributed by atoms with van der Waals surface area (Å²) in [5, 5.41) is 8.21. The van der Waals surface area contributed by atoms with E-state index in [0.29, 0.717) is 17.8 Å². The van der Waals surface area contributed by atoms with Gasteiger partial charge >= 0.3 is 12.0 Å². The molecule has 3 amide bonds. The molecule has 0 aliphatic carbocycles. The lowest BCUT2D eigenvalue weighted by molar-refractivity contribution is -0.123. The number of carbonyl (C=O) groups is 3. The zero-order valence-electron chi connectivity index (χ0n) is 17.8. The Kier molecular flexibility index (Phi) is 8.41. The Morgan fingerprint density at radius 1 is 0.900 bits per heavy atom. The predicted octanol–water partition coefficient (Wildman–Crippen LogP) is 3.64. The highest BCUT2D eigenvalue weighted by molar-refractivity contribution is 5.97. The van der Waals surface area contributed by atoms with Crippen molar-refractivity contribution in [3.05, 3.63) is 65.2 Å². The van der Waals surface area contributed by atoms with Crippen LogP contribution in [0.1, 0.15) is 49.2 Å². The Balaban J connectivity index is 1.85. The lowest BCUT2D eigenvalue weighted by atomic mass is 10.1. The van der Waals surface area contributed by atoms with E-state index < -0.39 is 18.0 Å². The molecule has 7 nitrogen and oxygen atoms in total. The van der Waals surface area contributed by atoms with Crippen LogP contribution in [-0.4, -0.2) is 30.1 Å². The largest absolute Gasteiger partial charge is 0.449 e. The van der Waals surface area contributed by atoms with Gasteiger partial charge in [-0.1, -0.05) is 31.2 Å². The fourth-order valence-corrected chi connectivity index (χ4v) is 2.60. The number of amides is 3. The SMILES string of the molecule is CCc1ccc(NC(=O)[C@H](C)OC(=O)c2ccc(CNC(=O)NC(C)C)cc2)cc1. The Morgan fingerprint density at radius 3 is 2.07 bits per heavy atom. The molecular weight excluding hydrogens is 382 g/mol. The van der Waals surface area contributed by atoms with Crippen molar-refractivity contribution in [1.29, 1.82) is 0 Å². The van der Waals surface area contributed by atoms with Crippen molar-refractivity contribution in [2.45, 2.75) is 52.8 Å². The summed E-state index contributed by atoms with van der Waals surface area (Å²) in [7, 11) is 0. The first kappa shape index (κ1) is 22.9. The van der Waals surface area contributed by atoms with Crippen LogP contribution in [0.25, 0.3) is 0 Å². The number of aryl methyl sites for hydroxylation is 1. The van der Waals surface area contributed by atoms with Gasteiger partial charge in [-0.25, -0.2) is 9.59 Å². The van der Waals surface area contributed by atoms with Crippen molar-refractivity contribution in [3.8, 4) is 0 Å². The third-order valence-electron chi connectivity index (χ3n) is 4.35. The summed E-state index contributed by atoms with van der Waals surface area (Å²) >= 11 is 0. The van der Waals surface area contributed by atoms with E-state index >= 15 is 0 Å². The number of hydrogen-bond donors (Lipinski definition) is 3. The minimum absolute atomic E-state index is 0.0528. The maximum atomic E-state index is 12.3. The molecule has 2 rings (SSSR count). The molecule has 7 heteroatoms. The fraction of sp³-hybridized carbons (Fsp3) is 0.348. The zero-order valence-corrected chi connectivity index (χ0v) is 17.8. The quantitative estimate of drug-likeness (QED) is 0.578. The molecule has 0 aliphatic rings. The maximum absolute atomic E-state index is 12.3. The third kappa shape index (κ3) is 7.24. The van der Waals surface area contributed by atoms with Crippen molar-refractivity contribution < 1.29 is 19.1 Å². The van der Waals surface area contributed by atoms with Crippen molar-refractivity contribution in [2.75, 3.05) is 5.32 Å². The second kappa shape index (κ2) is 11.0. The van der Waals surface area contributed by atoms with E-state index in [2.05, 4.69) is 22.9 Å². The Morgan fingerprint density at radius 2 is 1.50 bits per heavy atom. The summed E-state index contributed by atoms with van der Waals surface area (Å²) in [6.45, 7) is 7.68. The smallest absolute Gasteiger partial charge is 0.338 e. The molecule has 3 N–H and O–H groups in total. The molecule has 0 unspecified atom stereocenters. The van der Waals surface area contributed by atoms with Crippen LogP contribution in [0.3, 0.4) is 0 Å². The summed E-state index contributed by atoms with van der Waals surface area (Å²) in [5.41, 5.74) is 2.99. The van der Waals surface area contributed by atoms with Crippen LogP contribution in [0.5, 0.6) is 0 Å². The van der Waals surface area contributed by atoms with Gasteiger partial charge in [0.05, 0.1) is 5.56 Å². The number of urea groups is 1. The first-order chi connectivity index (χ1) is 14.3. The molecule has 30 heavy (non-hydrogen) atoms. The zero-order chi connectivity index (χ0) is 22.1. The number of esters is 1. The molecule has 0 aliphatic heterocycles. The molecule has 0 fully saturated rings. The number of benzene rings is 2. The molecule has 0 radical (unpaired) electrons. The standard InChI is InChI=1S/C23H29N3O4/c1-5-17-8-12-20(13-9-17)26-21(27)16(4)30-22(28)19-10-6-18(7-11-19)14-24-23(29)25-15(2)3/h6-13,15-16H,5,14H2,1-4H3,(H,26,27)(H2,24,25,29)/t16-/m0/s1. The van der Waals surface area contributed by atoms with E-state index in [1.807, 2.05) is 38.1 Å². The molecule has 0 heterocycles. The van der Waals surface area contributed by atoms with Crippen LogP contribution in [0.15, 0.2) is 48.5 Å². The Hall–Kier alpha value is -3.35. The Labute approximate surface area is 177 Å². The summed E-state index contributed by atoms with van der Waals surface area (Å²) in [5.74, 6) is -0.986. The summed E-state index contributed by atoms with van der Waals surface area (Å²) in [6, 6.07) is 14.0. The maximum Gasteiger partial charge on any atom is 0.338 e. The van der Waals surface area contributed by atoms with Crippen LogP contribution in [-0.2, 0) is 22.5 Å². The number of ether oxygens (including phenoxy) is 1. The lowest BCUT2D eigenvalue weighted by Crippen LogP contribution is -2.39. The van der Waals surface area contributed by atoms with Crippen molar-refractivity contribution in [3.63, 3.8) is 0 Å². The number of rotatable bonds is 8. The van der Waals surface area contributed by atoms with E-state index in [1.165, 1.54) is 12.5 Å². The average molecular weight is 412 g/mol. The molecule has 0 aromatic heterocycles. The minimum Gasteiger partial charge on any atom is -0.449 e. The van der Waals surface area contributed by atoms with Gasteiger partial charge in [-0.05, 0) is 62.6 Å². The van der Waals surface area contributed by atoms with Crippen molar-refractivity contribution in [1.82, 2.24) is 10.6 Å². The molecule has 0 spiro atoms. The van der Waals surface area contributed by atoms with Crippen LogP contribution in [0.2, 0.25) is 0 Å². The monoisotopic (exact) mass is 411 g/mol. The second-order valence-corrected chi connectivity index (χ2v) is 7.27. The summed E-state index contributed by atoms with van der Waals surface area (Å²) in [6.07, 6.45) is -0.0215. The van der Waals surface area contributed by atoms with Gasteiger partial charge in [0.25, 0.3) is 5.91 Å². The van der Waals surface area contributed by atoms with Crippen molar-refractivity contribution >= 4 is 23.6 Å². The highest BCUT2D eigenvalue weighted by atomic mass is 16.5. The first-order valence-corrected chi connectivity index (χ1v) is 10.0. The normalized spacial score (nSPS) is 11.5. The second-order valence-electron chi connectivity index (χ2n) is 7.27. The van der Waals surface area contributed by atoms with E-state index in [1.54, 1.807) is 24.3 Å². The van der Waals surface area contributed by atoms with Gasteiger partial charge in [0.15, 0.2) is 6.10 Å². The van der Waals surface area contributed by atoms with E-state index in [0.717, 1.165) is 12.0 Å². The highest BCUT2D eigenvalue weighted by Crippen LogP contribution is 2.12. The van der Waals surface area contributed by atoms with Crippen LogP contribution >= 0.6 is 0 Å². The molecule has 0 saturated carbocycles. The summed E-state index contributed by atoms with van der Waals surface area (Å²) in [4.78, 5) is 36.2. The van der Waals surface area contributed by atoms with Gasteiger partial charge in [0.1, 0.15) is 0 Å². The van der Waals surface area contributed by atoms with Crippen molar-refractivity contribution in [2.24, 2.45) is 0 Å². The lowest BCUT2D eigenvalue weighted by Gasteiger charge is -2.14.